The van der Waals surface area contributed by atoms with Gasteiger partial charge in [-0.1, -0.05) is 38.2 Å². The highest BCUT2D eigenvalue weighted by atomic mass is 14.6. The fraction of sp³-hybridized carbons (Fsp3) is 0.538. The predicted octanol–water partition coefficient (Wildman–Crippen LogP) is 2.95. The van der Waals surface area contributed by atoms with Crippen LogP contribution in [0.2, 0.25) is 0 Å². The van der Waals surface area contributed by atoms with Crippen molar-refractivity contribution in [1.82, 2.24) is 0 Å². The van der Waals surface area contributed by atoms with Gasteiger partial charge in [0, 0.05) is 11.5 Å². The zero-order chi connectivity index (χ0) is 10.2. The van der Waals surface area contributed by atoms with Crippen molar-refractivity contribution in [1.29, 1.82) is 0 Å². The Morgan fingerprint density at radius 3 is 3.00 bits per heavy atom. The Morgan fingerprint density at radius 1 is 1.43 bits per heavy atom. The first-order chi connectivity index (χ1) is 6.58. The molecule has 1 unspecified atom stereocenters. The molecule has 0 aromatic rings. The van der Waals surface area contributed by atoms with Crippen LogP contribution in [0, 0.1) is 5.41 Å². The van der Waals surface area contributed by atoms with Crippen LogP contribution < -0.4 is 5.73 Å². The molecule has 2 aliphatic rings. The summed E-state index contributed by atoms with van der Waals surface area (Å²) in [4.78, 5) is 0. The summed E-state index contributed by atoms with van der Waals surface area (Å²) in [6.07, 6.45) is 12.6. The monoisotopic (exact) mass is 189 g/mol. The van der Waals surface area contributed by atoms with Crippen molar-refractivity contribution in [2.45, 2.75) is 39.2 Å². The van der Waals surface area contributed by atoms with Gasteiger partial charge < -0.3 is 5.73 Å². The minimum atomic E-state index is 0.185. The summed E-state index contributed by atoms with van der Waals surface area (Å²) in [5.74, 6) is 0. The van der Waals surface area contributed by atoms with Gasteiger partial charge in [0.2, 0.25) is 0 Å². The van der Waals surface area contributed by atoms with Crippen LogP contribution in [0.15, 0.2) is 35.5 Å². The fourth-order valence-electron chi connectivity index (χ4n) is 2.33. The number of fused-ring (bicyclic) bond motifs is 1. The Labute approximate surface area is 86.4 Å². The maximum absolute atomic E-state index is 6.10. The Kier molecular flexibility index (Phi) is 2.36. The number of hydrogen-bond donors (Lipinski definition) is 1. The van der Waals surface area contributed by atoms with E-state index in [-0.39, 0.29) is 11.5 Å². The van der Waals surface area contributed by atoms with E-state index in [1.54, 1.807) is 0 Å². The molecule has 0 bridgehead atoms. The highest BCUT2D eigenvalue weighted by Crippen LogP contribution is 2.34. The molecule has 2 N–H and O–H groups in total. The number of allylic oxidation sites excluding steroid dienone is 4. The number of rotatable bonds is 0. The van der Waals surface area contributed by atoms with Crippen LogP contribution in [0.3, 0.4) is 0 Å². The average Bonchev–Trinajstić information content (AvgIpc) is 2.23. The van der Waals surface area contributed by atoms with Gasteiger partial charge >= 0.3 is 0 Å². The van der Waals surface area contributed by atoms with Gasteiger partial charge in [0.15, 0.2) is 0 Å². The molecule has 0 aliphatic heterocycles. The van der Waals surface area contributed by atoms with Gasteiger partial charge in [-0.2, -0.15) is 0 Å². The molecule has 2 rings (SSSR count). The summed E-state index contributed by atoms with van der Waals surface area (Å²) >= 11 is 0. The molecule has 0 aromatic carbocycles. The summed E-state index contributed by atoms with van der Waals surface area (Å²) in [6, 6.07) is 0.258. The van der Waals surface area contributed by atoms with Gasteiger partial charge in [-0.15, -0.1) is 0 Å². The maximum atomic E-state index is 6.10. The second-order valence-corrected chi connectivity index (χ2v) is 4.97. The molecule has 76 valence electrons. The van der Waals surface area contributed by atoms with Crippen molar-refractivity contribution in [3.8, 4) is 0 Å². The predicted molar refractivity (Wildman–Crippen MR) is 60.9 cm³/mol. The van der Waals surface area contributed by atoms with E-state index in [0.717, 1.165) is 6.42 Å². The average molecular weight is 189 g/mol. The molecule has 0 radical (unpaired) electrons. The van der Waals surface area contributed by atoms with Crippen LogP contribution in [-0.2, 0) is 0 Å². The molecule has 1 nitrogen and oxygen atoms in total. The third kappa shape index (κ3) is 1.83. The molecule has 1 saturated carbocycles. The molecule has 0 amide bonds. The second-order valence-electron chi connectivity index (χ2n) is 4.97. The van der Waals surface area contributed by atoms with E-state index in [1.165, 1.54) is 24.0 Å². The van der Waals surface area contributed by atoms with Gasteiger partial charge in [-0.3, -0.25) is 0 Å². The molecular weight excluding hydrogens is 170 g/mol. The van der Waals surface area contributed by atoms with Gasteiger partial charge in [-0.25, -0.2) is 0 Å². The first-order valence-corrected chi connectivity index (χ1v) is 5.46. The van der Waals surface area contributed by atoms with E-state index in [2.05, 4.69) is 38.2 Å². The molecular formula is C13H19N. The molecule has 1 fully saturated rings. The van der Waals surface area contributed by atoms with Crippen molar-refractivity contribution in [3.63, 3.8) is 0 Å². The van der Waals surface area contributed by atoms with Gasteiger partial charge in [0.1, 0.15) is 0 Å². The minimum absolute atomic E-state index is 0.185. The Bertz CT molecular complexity index is 318. The molecule has 0 aromatic heterocycles. The first kappa shape index (κ1) is 9.72. The highest BCUT2D eigenvalue weighted by molar-refractivity contribution is 5.43. The lowest BCUT2D eigenvalue weighted by atomic mass is 9.82. The van der Waals surface area contributed by atoms with Crippen molar-refractivity contribution in [3.05, 3.63) is 35.5 Å². The molecule has 0 saturated heterocycles. The van der Waals surface area contributed by atoms with Crippen LogP contribution >= 0.6 is 0 Å². The van der Waals surface area contributed by atoms with Crippen LogP contribution in [-0.4, -0.2) is 6.04 Å². The summed E-state index contributed by atoms with van der Waals surface area (Å²) in [5, 5.41) is 0. The van der Waals surface area contributed by atoms with Gasteiger partial charge in [-0.05, 0) is 30.4 Å². The maximum Gasteiger partial charge on any atom is 0.0297 e. The third-order valence-corrected chi connectivity index (χ3v) is 3.08. The highest BCUT2D eigenvalue weighted by Gasteiger charge is 2.23. The van der Waals surface area contributed by atoms with E-state index < -0.39 is 0 Å². The van der Waals surface area contributed by atoms with E-state index in [9.17, 15) is 0 Å². The Morgan fingerprint density at radius 2 is 2.21 bits per heavy atom. The molecule has 1 heteroatoms. The largest absolute Gasteiger partial charge is 0.324 e. The standard InChI is InChI=1S/C13H19N/c1-13(2)8-4-6-11-10(9-13)5-3-7-12(11)14/h4,6,8-9,12H,3,5,7,14H2,1-2H3. The number of hydrogen-bond acceptors (Lipinski definition) is 1. The quantitative estimate of drug-likeness (QED) is 0.623. The summed E-state index contributed by atoms with van der Waals surface area (Å²) in [6.45, 7) is 4.49. The lowest BCUT2D eigenvalue weighted by Crippen LogP contribution is -2.27. The molecule has 1 atom stereocenters. The van der Waals surface area contributed by atoms with Crippen LogP contribution in [0.4, 0.5) is 0 Å². The van der Waals surface area contributed by atoms with Crippen molar-refractivity contribution in [2.24, 2.45) is 11.1 Å². The van der Waals surface area contributed by atoms with Crippen LogP contribution in [0.5, 0.6) is 0 Å². The van der Waals surface area contributed by atoms with Crippen molar-refractivity contribution in [2.75, 3.05) is 0 Å². The zero-order valence-corrected chi connectivity index (χ0v) is 9.09. The first-order valence-electron chi connectivity index (χ1n) is 5.46. The van der Waals surface area contributed by atoms with Crippen molar-refractivity contribution < 1.29 is 0 Å². The van der Waals surface area contributed by atoms with Gasteiger partial charge in [0.25, 0.3) is 0 Å². The molecule has 0 heterocycles. The smallest absolute Gasteiger partial charge is 0.0297 e. The number of nitrogens with two attached hydrogens (primary N) is 1. The van der Waals surface area contributed by atoms with E-state index >= 15 is 0 Å². The lowest BCUT2D eigenvalue weighted by Gasteiger charge is -2.26. The Balaban J connectivity index is 2.38. The SMILES string of the molecule is CC1(C)C=CC=C2C(=C1)CCCC2N. The second kappa shape index (κ2) is 3.39. The van der Waals surface area contributed by atoms with Crippen LogP contribution in [0.1, 0.15) is 33.1 Å². The third-order valence-electron chi connectivity index (χ3n) is 3.08. The normalized spacial score (nSPS) is 30.1. The van der Waals surface area contributed by atoms with Crippen molar-refractivity contribution >= 4 is 0 Å². The summed E-state index contributed by atoms with van der Waals surface area (Å²) < 4.78 is 0. The van der Waals surface area contributed by atoms with Crippen LogP contribution in [0.25, 0.3) is 0 Å². The van der Waals surface area contributed by atoms with E-state index in [4.69, 9.17) is 5.73 Å². The summed E-state index contributed by atoms with van der Waals surface area (Å²) in [7, 11) is 0. The lowest BCUT2D eigenvalue weighted by molar-refractivity contribution is 0.576. The minimum Gasteiger partial charge on any atom is -0.324 e. The zero-order valence-electron chi connectivity index (χ0n) is 9.09. The van der Waals surface area contributed by atoms with E-state index in [0.29, 0.717) is 0 Å². The topological polar surface area (TPSA) is 26.0 Å². The molecule has 2 aliphatic carbocycles. The fourth-order valence-corrected chi connectivity index (χ4v) is 2.33. The molecule has 0 spiro atoms. The molecule has 14 heavy (non-hydrogen) atoms. The summed E-state index contributed by atoms with van der Waals surface area (Å²) in [5.41, 5.74) is 9.12. The van der Waals surface area contributed by atoms with E-state index in [1.807, 2.05) is 0 Å². The Hall–Kier alpha value is -0.820. The van der Waals surface area contributed by atoms with Gasteiger partial charge in [0.05, 0.1) is 0 Å².